The molecular formula is C12H18F2N4O. The van der Waals surface area contributed by atoms with Crippen LogP contribution >= 0.6 is 0 Å². The van der Waals surface area contributed by atoms with Crippen molar-refractivity contribution in [2.75, 3.05) is 38.6 Å². The number of aromatic nitrogens is 1. The van der Waals surface area contributed by atoms with E-state index in [-0.39, 0.29) is 18.1 Å². The molecule has 5 nitrogen and oxygen atoms in total. The number of carbonyl (C=O) groups excluding carboxylic acids is 1. The summed E-state index contributed by atoms with van der Waals surface area (Å²) in [5, 5.41) is 0. The smallest absolute Gasteiger partial charge is 0.272 e. The number of hydrogen-bond acceptors (Lipinski definition) is 4. The van der Waals surface area contributed by atoms with Crippen molar-refractivity contribution in [1.82, 2.24) is 9.88 Å². The van der Waals surface area contributed by atoms with Crippen LogP contribution < -0.4 is 10.6 Å². The van der Waals surface area contributed by atoms with E-state index in [1.807, 2.05) is 0 Å². The van der Waals surface area contributed by atoms with Crippen LogP contribution in [-0.4, -0.2) is 55.9 Å². The summed E-state index contributed by atoms with van der Waals surface area (Å²) >= 11 is 0. The van der Waals surface area contributed by atoms with Gasteiger partial charge in [-0.25, -0.2) is 8.78 Å². The van der Waals surface area contributed by atoms with Crippen molar-refractivity contribution in [3.63, 3.8) is 0 Å². The van der Waals surface area contributed by atoms with E-state index in [4.69, 9.17) is 5.73 Å². The van der Waals surface area contributed by atoms with Crippen LogP contribution in [0.15, 0.2) is 18.3 Å². The van der Waals surface area contributed by atoms with E-state index < -0.39 is 13.0 Å². The zero-order valence-electron chi connectivity index (χ0n) is 11.0. The Bertz CT molecular complexity index is 426. The van der Waals surface area contributed by atoms with E-state index in [2.05, 4.69) is 4.98 Å². The zero-order valence-corrected chi connectivity index (χ0v) is 11.0. The summed E-state index contributed by atoms with van der Waals surface area (Å²) < 4.78 is 25.0. The summed E-state index contributed by atoms with van der Waals surface area (Å²) in [6, 6.07) is 3.09. The zero-order chi connectivity index (χ0) is 14.4. The minimum Gasteiger partial charge on any atom is -0.364 e. The van der Waals surface area contributed by atoms with Crippen LogP contribution in [0.1, 0.15) is 10.5 Å². The Morgan fingerprint density at radius 3 is 2.68 bits per heavy atom. The second-order valence-electron chi connectivity index (χ2n) is 4.22. The molecule has 0 atom stereocenters. The lowest BCUT2D eigenvalue weighted by atomic mass is 10.2. The highest BCUT2D eigenvalue weighted by atomic mass is 19.3. The first-order chi connectivity index (χ1) is 8.95. The van der Waals surface area contributed by atoms with Crippen molar-refractivity contribution in [3.05, 3.63) is 24.0 Å². The summed E-state index contributed by atoms with van der Waals surface area (Å²) in [7, 11) is 3.21. The fourth-order valence-corrected chi connectivity index (χ4v) is 1.61. The molecule has 19 heavy (non-hydrogen) atoms. The van der Waals surface area contributed by atoms with Crippen molar-refractivity contribution >= 4 is 11.6 Å². The molecule has 0 saturated heterocycles. The van der Waals surface area contributed by atoms with Crippen LogP contribution in [0, 0.1) is 0 Å². The Balaban J connectivity index is 2.97. The highest BCUT2D eigenvalue weighted by molar-refractivity contribution is 5.92. The standard InChI is InChI=1S/C12H18F2N4O/c1-17(2)12(19)10-7-9(3-5-16-10)18(6-4-15)8-11(13)14/h3,5,7,11H,4,6,8,15H2,1-2H3. The van der Waals surface area contributed by atoms with E-state index in [0.717, 1.165) is 0 Å². The van der Waals surface area contributed by atoms with E-state index in [1.54, 1.807) is 20.2 Å². The number of hydrogen-bond donors (Lipinski definition) is 1. The average molecular weight is 272 g/mol. The second kappa shape index (κ2) is 6.98. The van der Waals surface area contributed by atoms with Gasteiger partial charge in [-0.05, 0) is 12.1 Å². The third-order valence-electron chi connectivity index (χ3n) is 2.49. The van der Waals surface area contributed by atoms with Gasteiger partial charge in [0.2, 0.25) is 0 Å². The molecule has 1 rings (SSSR count). The van der Waals surface area contributed by atoms with Crippen LogP contribution in [0.25, 0.3) is 0 Å². The summed E-state index contributed by atoms with van der Waals surface area (Å²) in [5.74, 6) is -0.272. The number of halogens is 2. The molecule has 0 fully saturated rings. The third-order valence-corrected chi connectivity index (χ3v) is 2.49. The Morgan fingerprint density at radius 1 is 1.47 bits per heavy atom. The first-order valence-electron chi connectivity index (χ1n) is 5.86. The Kier molecular flexibility index (Phi) is 5.62. The SMILES string of the molecule is CN(C)C(=O)c1cc(N(CCN)CC(F)F)ccn1. The monoisotopic (exact) mass is 272 g/mol. The first-order valence-corrected chi connectivity index (χ1v) is 5.86. The molecule has 0 unspecified atom stereocenters. The highest BCUT2D eigenvalue weighted by Crippen LogP contribution is 2.16. The van der Waals surface area contributed by atoms with Gasteiger partial charge in [-0.3, -0.25) is 9.78 Å². The van der Waals surface area contributed by atoms with Gasteiger partial charge in [0.05, 0.1) is 6.54 Å². The Labute approximate surface area is 111 Å². The molecule has 1 aromatic heterocycles. The fraction of sp³-hybridized carbons (Fsp3) is 0.500. The number of rotatable bonds is 6. The molecule has 0 radical (unpaired) electrons. The lowest BCUT2D eigenvalue weighted by Crippen LogP contribution is -2.34. The maximum absolute atomic E-state index is 12.5. The maximum atomic E-state index is 12.5. The normalized spacial score (nSPS) is 10.6. The molecular weight excluding hydrogens is 254 g/mol. The predicted molar refractivity (Wildman–Crippen MR) is 69.5 cm³/mol. The van der Waals surface area contributed by atoms with Gasteiger partial charge in [0, 0.05) is 39.1 Å². The van der Waals surface area contributed by atoms with E-state index >= 15 is 0 Å². The van der Waals surface area contributed by atoms with Crippen LogP contribution in [0.4, 0.5) is 14.5 Å². The minimum absolute atomic E-state index is 0.221. The number of nitrogens with two attached hydrogens (primary N) is 1. The molecule has 106 valence electrons. The number of amides is 1. The third kappa shape index (κ3) is 4.44. The second-order valence-corrected chi connectivity index (χ2v) is 4.22. The number of pyridine rings is 1. The van der Waals surface area contributed by atoms with Crippen LogP contribution in [0.3, 0.4) is 0 Å². The molecule has 2 N–H and O–H groups in total. The molecule has 0 spiro atoms. The lowest BCUT2D eigenvalue weighted by molar-refractivity contribution is 0.0822. The van der Waals surface area contributed by atoms with Crippen molar-refractivity contribution in [2.24, 2.45) is 5.73 Å². The van der Waals surface area contributed by atoms with Gasteiger partial charge in [0.1, 0.15) is 5.69 Å². The largest absolute Gasteiger partial charge is 0.364 e. The maximum Gasteiger partial charge on any atom is 0.272 e. The van der Waals surface area contributed by atoms with E-state index in [9.17, 15) is 13.6 Å². The first kappa shape index (κ1) is 15.3. The molecule has 0 aliphatic carbocycles. The van der Waals surface area contributed by atoms with Crippen LogP contribution in [0.2, 0.25) is 0 Å². The van der Waals surface area contributed by atoms with Gasteiger partial charge in [-0.1, -0.05) is 0 Å². The minimum atomic E-state index is -2.47. The van der Waals surface area contributed by atoms with E-state index in [1.165, 1.54) is 22.1 Å². The quantitative estimate of drug-likeness (QED) is 0.832. The fourth-order valence-electron chi connectivity index (χ4n) is 1.61. The number of anilines is 1. The van der Waals surface area contributed by atoms with Gasteiger partial charge in [0.25, 0.3) is 12.3 Å². The summed E-state index contributed by atoms with van der Waals surface area (Å²) in [4.78, 5) is 18.5. The topological polar surface area (TPSA) is 62.5 Å². The molecule has 0 aliphatic heterocycles. The lowest BCUT2D eigenvalue weighted by Gasteiger charge is -2.24. The molecule has 1 heterocycles. The molecule has 1 aromatic rings. The van der Waals surface area contributed by atoms with Crippen LogP contribution in [0.5, 0.6) is 0 Å². The number of carbonyl (C=O) groups is 1. The molecule has 0 aromatic carbocycles. The van der Waals surface area contributed by atoms with Gasteiger partial charge in [-0.15, -0.1) is 0 Å². The number of alkyl halides is 2. The highest BCUT2D eigenvalue weighted by Gasteiger charge is 2.15. The molecule has 0 bridgehead atoms. The van der Waals surface area contributed by atoms with Crippen molar-refractivity contribution in [1.29, 1.82) is 0 Å². The molecule has 0 saturated carbocycles. The summed E-state index contributed by atoms with van der Waals surface area (Å²) in [6.07, 6.45) is -1.03. The Hall–Kier alpha value is -1.76. The van der Waals surface area contributed by atoms with Gasteiger partial charge < -0.3 is 15.5 Å². The van der Waals surface area contributed by atoms with Gasteiger partial charge >= 0.3 is 0 Å². The van der Waals surface area contributed by atoms with Gasteiger partial charge in [-0.2, -0.15) is 0 Å². The molecule has 7 heteroatoms. The van der Waals surface area contributed by atoms with Crippen molar-refractivity contribution < 1.29 is 13.6 Å². The van der Waals surface area contributed by atoms with Gasteiger partial charge in [0.15, 0.2) is 0 Å². The predicted octanol–water partition coefficient (Wildman–Crippen LogP) is 0.814. The van der Waals surface area contributed by atoms with Crippen molar-refractivity contribution in [2.45, 2.75) is 6.43 Å². The molecule has 1 amide bonds. The van der Waals surface area contributed by atoms with E-state index in [0.29, 0.717) is 12.2 Å². The average Bonchev–Trinajstić information content (AvgIpc) is 2.37. The summed E-state index contributed by atoms with van der Waals surface area (Å²) in [6.45, 7) is 0.132. The Morgan fingerprint density at radius 2 is 2.16 bits per heavy atom. The number of nitrogens with zero attached hydrogens (tertiary/aromatic N) is 3. The molecule has 0 aliphatic rings. The van der Waals surface area contributed by atoms with Crippen LogP contribution in [-0.2, 0) is 0 Å². The van der Waals surface area contributed by atoms with Crippen molar-refractivity contribution in [3.8, 4) is 0 Å². The summed E-state index contributed by atoms with van der Waals surface area (Å²) in [5.41, 5.74) is 6.15.